The van der Waals surface area contributed by atoms with E-state index < -0.39 is 0 Å². The van der Waals surface area contributed by atoms with Crippen molar-refractivity contribution in [3.8, 4) is 0 Å². The molecule has 1 aliphatic carbocycles. The van der Waals surface area contributed by atoms with Gasteiger partial charge in [0.05, 0.1) is 11.6 Å². The second-order valence-electron chi connectivity index (χ2n) is 4.23. The first-order chi connectivity index (χ1) is 7.76. The second kappa shape index (κ2) is 5.02. The van der Waals surface area contributed by atoms with Crippen LogP contribution in [-0.2, 0) is 6.61 Å². The van der Waals surface area contributed by atoms with Gasteiger partial charge in [-0.25, -0.2) is 4.98 Å². The van der Waals surface area contributed by atoms with Crippen molar-refractivity contribution in [3.05, 3.63) is 22.8 Å². The standard InChI is InChI=1S/C12H17ClN2O/c1-2-5-15(10-3-4-10)12-11(13)6-9(8-16)7-14-12/h6-7,10,16H,2-5,8H2,1H3. The third-order valence-corrected chi connectivity index (χ3v) is 3.06. The zero-order valence-electron chi connectivity index (χ0n) is 9.49. The molecule has 0 radical (unpaired) electrons. The molecule has 16 heavy (non-hydrogen) atoms. The summed E-state index contributed by atoms with van der Waals surface area (Å²) in [6.07, 6.45) is 5.27. The molecule has 1 heterocycles. The van der Waals surface area contributed by atoms with Crippen LogP contribution in [0.1, 0.15) is 31.7 Å². The summed E-state index contributed by atoms with van der Waals surface area (Å²) in [5, 5.41) is 9.65. The zero-order valence-corrected chi connectivity index (χ0v) is 10.2. The number of aliphatic hydroxyl groups excluding tert-OH is 1. The molecule has 0 bridgehead atoms. The minimum absolute atomic E-state index is 0.00972. The molecule has 4 heteroatoms. The summed E-state index contributed by atoms with van der Waals surface area (Å²) in [6, 6.07) is 2.42. The number of hydrogen-bond donors (Lipinski definition) is 1. The summed E-state index contributed by atoms with van der Waals surface area (Å²) >= 11 is 6.20. The number of rotatable bonds is 5. The number of aromatic nitrogens is 1. The van der Waals surface area contributed by atoms with Crippen LogP contribution < -0.4 is 4.90 Å². The van der Waals surface area contributed by atoms with Crippen molar-refractivity contribution in [1.82, 2.24) is 4.98 Å². The van der Waals surface area contributed by atoms with Crippen LogP contribution in [0.3, 0.4) is 0 Å². The van der Waals surface area contributed by atoms with Crippen molar-refractivity contribution in [2.24, 2.45) is 0 Å². The van der Waals surface area contributed by atoms with Gasteiger partial charge in [-0.2, -0.15) is 0 Å². The maximum Gasteiger partial charge on any atom is 0.147 e. The van der Waals surface area contributed by atoms with Gasteiger partial charge in [0, 0.05) is 18.8 Å². The van der Waals surface area contributed by atoms with Gasteiger partial charge in [0.2, 0.25) is 0 Å². The molecule has 2 rings (SSSR count). The van der Waals surface area contributed by atoms with Crippen LogP contribution in [0, 0.1) is 0 Å². The summed E-state index contributed by atoms with van der Waals surface area (Å²) in [4.78, 5) is 6.64. The minimum atomic E-state index is -0.00972. The van der Waals surface area contributed by atoms with E-state index in [1.165, 1.54) is 12.8 Å². The molecule has 1 aliphatic rings. The van der Waals surface area contributed by atoms with Gasteiger partial charge in [-0.1, -0.05) is 18.5 Å². The highest BCUT2D eigenvalue weighted by Crippen LogP contribution is 2.34. The van der Waals surface area contributed by atoms with E-state index in [0.717, 1.165) is 24.3 Å². The smallest absolute Gasteiger partial charge is 0.147 e. The molecule has 0 atom stereocenters. The van der Waals surface area contributed by atoms with Gasteiger partial charge in [-0.05, 0) is 30.9 Å². The Kier molecular flexibility index (Phi) is 3.66. The Balaban J connectivity index is 2.22. The molecular formula is C12H17ClN2O. The van der Waals surface area contributed by atoms with Gasteiger partial charge in [0.25, 0.3) is 0 Å². The molecule has 0 spiro atoms. The van der Waals surface area contributed by atoms with Crippen LogP contribution in [0.15, 0.2) is 12.3 Å². The highest BCUT2D eigenvalue weighted by atomic mass is 35.5. The Morgan fingerprint density at radius 1 is 1.56 bits per heavy atom. The number of hydrogen-bond acceptors (Lipinski definition) is 3. The summed E-state index contributed by atoms with van der Waals surface area (Å²) < 4.78 is 0. The molecule has 0 aliphatic heterocycles. The molecule has 88 valence electrons. The lowest BCUT2D eigenvalue weighted by Gasteiger charge is -2.24. The Labute approximate surface area is 101 Å². The van der Waals surface area contributed by atoms with E-state index in [4.69, 9.17) is 16.7 Å². The number of nitrogens with zero attached hydrogens (tertiary/aromatic N) is 2. The maximum atomic E-state index is 9.00. The van der Waals surface area contributed by atoms with Crippen LogP contribution >= 0.6 is 11.6 Å². The van der Waals surface area contributed by atoms with Gasteiger partial charge in [0.1, 0.15) is 5.82 Å². The Morgan fingerprint density at radius 3 is 2.81 bits per heavy atom. The lowest BCUT2D eigenvalue weighted by Crippen LogP contribution is -2.27. The molecule has 1 aromatic heterocycles. The lowest BCUT2D eigenvalue weighted by molar-refractivity contribution is 0.281. The summed E-state index contributed by atoms with van der Waals surface area (Å²) in [7, 11) is 0. The Morgan fingerprint density at radius 2 is 2.31 bits per heavy atom. The van der Waals surface area contributed by atoms with Crippen molar-refractivity contribution in [2.75, 3.05) is 11.4 Å². The fourth-order valence-electron chi connectivity index (χ4n) is 1.86. The molecule has 0 saturated heterocycles. The number of aliphatic hydroxyl groups is 1. The molecule has 3 nitrogen and oxygen atoms in total. The third kappa shape index (κ3) is 2.47. The average molecular weight is 241 g/mol. The summed E-state index contributed by atoms with van der Waals surface area (Å²) in [6.45, 7) is 3.14. The highest BCUT2D eigenvalue weighted by Gasteiger charge is 2.30. The highest BCUT2D eigenvalue weighted by molar-refractivity contribution is 6.33. The number of pyridine rings is 1. The predicted octanol–water partition coefficient (Wildman–Crippen LogP) is 2.61. The third-order valence-electron chi connectivity index (χ3n) is 2.79. The first kappa shape index (κ1) is 11.7. The Bertz CT molecular complexity index is 366. The zero-order chi connectivity index (χ0) is 11.5. The normalized spacial score (nSPS) is 15.2. The first-order valence-electron chi connectivity index (χ1n) is 5.78. The summed E-state index contributed by atoms with van der Waals surface area (Å²) in [5.74, 6) is 0.864. The van der Waals surface area contributed by atoms with Gasteiger partial charge in [-0.15, -0.1) is 0 Å². The van der Waals surface area contributed by atoms with Crippen LogP contribution in [0.5, 0.6) is 0 Å². The minimum Gasteiger partial charge on any atom is -0.392 e. The second-order valence-corrected chi connectivity index (χ2v) is 4.64. The van der Waals surface area contributed by atoms with Crippen molar-refractivity contribution in [3.63, 3.8) is 0 Å². The van der Waals surface area contributed by atoms with Crippen molar-refractivity contribution >= 4 is 17.4 Å². The molecule has 0 amide bonds. The quantitative estimate of drug-likeness (QED) is 0.860. The van der Waals surface area contributed by atoms with Crippen molar-refractivity contribution in [1.29, 1.82) is 0 Å². The SMILES string of the molecule is CCCN(c1ncc(CO)cc1Cl)C1CC1. The number of anilines is 1. The van der Waals surface area contributed by atoms with Gasteiger partial charge >= 0.3 is 0 Å². The van der Waals surface area contributed by atoms with Gasteiger partial charge in [0.15, 0.2) is 0 Å². The molecular weight excluding hydrogens is 224 g/mol. The average Bonchev–Trinajstić information content (AvgIpc) is 3.10. The van der Waals surface area contributed by atoms with Gasteiger partial charge in [-0.3, -0.25) is 0 Å². The van der Waals surface area contributed by atoms with Crippen LogP contribution in [0.2, 0.25) is 5.02 Å². The van der Waals surface area contributed by atoms with Gasteiger partial charge < -0.3 is 10.0 Å². The monoisotopic (exact) mass is 240 g/mol. The topological polar surface area (TPSA) is 36.4 Å². The molecule has 1 aromatic rings. The Hall–Kier alpha value is -0.800. The molecule has 0 unspecified atom stereocenters. The van der Waals surface area contributed by atoms with Crippen LogP contribution in [-0.4, -0.2) is 22.7 Å². The van der Waals surface area contributed by atoms with E-state index in [-0.39, 0.29) is 6.61 Å². The van der Waals surface area contributed by atoms with Crippen LogP contribution in [0.25, 0.3) is 0 Å². The predicted molar refractivity (Wildman–Crippen MR) is 65.8 cm³/mol. The van der Waals surface area contributed by atoms with E-state index in [1.807, 2.05) is 0 Å². The molecule has 1 fully saturated rings. The van der Waals surface area contributed by atoms with E-state index in [9.17, 15) is 0 Å². The summed E-state index contributed by atoms with van der Waals surface area (Å²) in [5.41, 5.74) is 0.765. The molecule has 1 saturated carbocycles. The lowest BCUT2D eigenvalue weighted by atomic mass is 10.3. The van der Waals surface area contributed by atoms with E-state index >= 15 is 0 Å². The number of halogens is 1. The van der Waals surface area contributed by atoms with Crippen molar-refractivity contribution in [2.45, 2.75) is 38.8 Å². The van der Waals surface area contributed by atoms with Crippen molar-refractivity contribution < 1.29 is 5.11 Å². The molecule has 1 N–H and O–H groups in total. The maximum absolute atomic E-state index is 9.00. The largest absolute Gasteiger partial charge is 0.392 e. The van der Waals surface area contributed by atoms with E-state index in [2.05, 4.69) is 16.8 Å². The van der Waals surface area contributed by atoms with Crippen LogP contribution in [0.4, 0.5) is 5.82 Å². The fraction of sp³-hybridized carbons (Fsp3) is 0.583. The van der Waals surface area contributed by atoms with E-state index in [1.54, 1.807) is 12.3 Å². The molecule has 0 aromatic carbocycles. The first-order valence-corrected chi connectivity index (χ1v) is 6.16. The fourth-order valence-corrected chi connectivity index (χ4v) is 2.15. The van der Waals surface area contributed by atoms with E-state index in [0.29, 0.717) is 11.1 Å².